The molecule has 1 saturated carbocycles. The maximum Gasteiger partial charge on any atom is 0.339 e. The molecular weight excluding hydrogens is 258 g/mol. The minimum absolute atomic E-state index is 0.276. The SMILES string of the molecule is Cn1ncc(C(=O)O)c1CN(Cc1ccco1)C1CC1. The molecule has 3 rings (SSSR count). The molecule has 106 valence electrons. The third kappa shape index (κ3) is 2.60. The van der Waals surface area contributed by atoms with E-state index in [4.69, 9.17) is 4.42 Å². The number of aryl methyl sites for hydroxylation is 1. The van der Waals surface area contributed by atoms with Crippen molar-refractivity contribution in [2.75, 3.05) is 0 Å². The van der Waals surface area contributed by atoms with Gasteiger partial charge in [-0.25, -0.2) is 4.79 Å². The standard InChI is InChI=1S/C14H17N3O3/c1-16-13(12(7-15-16)14(18)19)9-17(10-4-5-10)8-11-3-2-6-20-11/h2-3,6-7,10H,4-5,8-9H2,1H3,(H,18,19). The summed E-state index contributed by atoms with van der Waals surface area (Å²) in [5.41, 5.74) is 1.01. The van der Waals surface area contributed by atoms with Crippen molar-refractivity contribution in [2.24, 2.45) is 7.05 Å². The number of hydrogen-bond acceptors (Lipinski definition) is 4. The zero-order valence-corrected chi connectivity index (χ0v) is 11.3. The van der Waals surface area contributed by atoms with Gasteiger partial charge in [0, 0.05) is 19.6 Å². The summed E-state index contributed by atoms with van der Waals surface area (Å²) in [5, 5.41) is 13.3. The maximum atomic E-state index is 11.2. The van der Waals surface area contributed by atoms with Gasteiger partial charge in [-0.3, -0.25) is 9.58 Å². The van der Waals surface area contributed by atoms with Crippen LogP contribution in [0.1, 0.15) is 34.7 Å². The zero-order valence-electron chi connectivity index (χ0n) is 11.3. The number of hydrogen-bond donors (Lipinski definition) is 1. The van der Waals surface area contributed by atoms with Gasteiger partial charge in [0.05, 0.1) is 24.7 Å². The molecule has 1 aliphatic carbocycles. The van der Waals surface area contributed by atoms with Crippen LogP contribution >= 0.6 is 0 Å². The van der Waals surface area contributed by atoms with Gasteiger partial charge in [-0.2, -0.15) is 5.10 Å². The van der Waals surface area contributed by atoms with Crippen LogP contribution in [0.4, 0.5) is 0 Å². The molecule has 0 amide bonds. The first-order valence-corrected chi connectivity index (χ1v) is 6.65. The third-order valence-corrected chi connectivity index (χ3v) is 3.65. The summed E-state index contributed by atoms with van der Waals surface area (Å²) in [4.78, 5) is 13.5. The van der Waals surface area contributed by atoms with Crippen molar-refractivity contribution in [3.63, 3.8) is 0 Å². The molecule has 0 spiro atoms. The Morgan fingerprint density at radius 3 is 2.95 bits per heavy atom. The fourth-order valence-electron chi connectivity index (χ4n) is 2.38. The lowest BCUT2D eigenvalue weighted by Crippen LogP contribution is -2.27. The van der Waals surface area contributed by atoms with Crippen LogP contribution in [0.25, 0.3) is 0 Å². The third-order valence-electron chi connectivity index (χ3n) is 3.65. The highest BCUT2D eigenvalue weighted by molar-refractivity contribution is 5.88. The van der Waals surface area contributed by atoms with Crippen molar-refractivity contribution in [2.45, 2.75) is 32.0 Å². The van der Waals surface area contributed by atoms with Crippen LogP contribution in [0.2, 0.25) is 0 Å². The molecule has 2 heterocycles. The molecule has 6 heteroatoms. The van der Waals surface area contributed by atoms with Crippen LogP contribution in [0, 0.1) is 0 Å². The van der Waals surface area contributed by atoms with Crippen molar-refractivity contribution in [3.8, 4) is 0 Å². The first kappa shape index (κ1) is 12.9. The predicted octanol–water partition coefficient (Wildman–Crippen LogP) is 1.88. The number of rotatable bonds is 6. The highest BCUT2D eigenvalue weighted by Gasteiger charge is 2.31. The summed E-state index contributed by atoms with van der Waals surface area (Å²) in [6.45, 7) is 1.27. The minimum atomic E-state index is -0.929. The first-order chi connectivity index (χ1) is 9.65. The van der Waals surface area contributed by atoms with Gasteiger partial charge in [0.2, 0.25) is 0 Å². The van der Waals surface area contributed by atoms with E-state index in [1.54, 1.807) is 18.0 Å². The number of aromatic carboxylic acids is 1. The number of carboxylic acid groups (broad SMARTS) is 1. The summed E-state index contributed by atoms with van der Waals surface area (Å²) in [7, 11) is 1.78. The minimum Gasteiger partial charge on any atom is -0.478 e. The van der Waals surface area contributed by atoms with Crippen LogP contribution in [0.5, 0.6) is 0 Å². The fraction of sp³-hybridized carbons (Fsp3) is 0.429. The lowest BCUT2D eigenvalue weighted by molar-refractivity contribution is 0.0693. The molecular formula is C14H17N3O3. The van der Waals surface area contributed by atoms with Gasteiger partial charge in [0.1, 0.15) is 11.3 Å². The van der Waals surface area contributed by atoms with Gasteiger partial charge >= 0.3 is 5.97 Å². The van der Waals surface area contributed by atoms with Crippen LogP contribution < -0.4 is 0 Å². The number of carbonyl (C=O) groups is 1. The summed E-state index contributed by atoms with van der Waals surface area (Å²) >= 11 is 0. The smallest absolute Gasteiger partial charge is 0.339 e. The molecule has 0 bridgehead atoms. The summed E-state index contributed by atoms with van der Waals surface area (Å²) in [6, 6.07) is 4.32. The maximum absolute atomic E-state index is 11.2. The Kier molecular flexibility index (Phi) is 3.31. The van der Waals surface area contributed by atoms with E-state index < -0.39 is 5.97 Å². The Bertz CT molecular complexity index is 599. The number of aromatic nitrogens is 2. The monoisotopic (exact) mass is 275 g/mol. The molecule has 0 aliphatic heterocycles. The predicted molar refractivity (Wildman–Crippen MR) is 71.1 cm³/mol. The van der Waals surface area contributed by atoms with Crippen molar-refractivity contribution in [1.29, 1.82) is 0 Å². The molecule has 0 aromatic carbocycles. The quantitative estimate of drug-likeness (QED) is 0.871. The van der Waals surface area contributed by atoms with E-state index >= 15 is 0 Å². The van der Waals surface area contributed by atoms with Crippen LogP contribution in [0.3, 0.4) is 0 Å². The Hall–Kier alpha value is -2.08. The van der Waals surface area contributed by atoms with E-state index in [2.05, 4.69) is 10.00 Å². The molecule has 2 aromatic rings. The Labute approximate surface area is 116 Å². The Morgan fingerprint density at radius 1 is 1.55 bits per heavy atom. The van der Waals surface area contributed by atoms with Crippen molar-refractivity contribution in [1.82, 2.24) is 14.7 Å². The van der Waals surface area contributed by atoms with E-state index in [-0.39, 0.29) is 5.56 Å². The lowest BCUT2D eigenvalue weighted by atomic mass is 10.2. The van der Waals surface area contributed by atoms with E-state index in [0.717, 1.165) is 24.3 Å². The average molecular weight is 275 g/mol. The first-order valence-electron chi connectivity index (χ1n) is 6.65. The van der Waals surface area contributed by atoms with Gasteiger partial charge < -0.3 is 9.52 Å². The van der Waals surface area contributed by atoms with E-state index in [1.165, 1.54) is 6.20 Å². The second-order valence-corrected chi connectivity index (χ2v) is 5.15. The van der Waals surface area contributed by atoms with Gasteiger partial charge in [-0.1, -0.05) is 0 Å². The highest BCUT2D eigenvalue weighted by Crippen LogP contribution is 2.30. The normalized spacial score (nSPS) is 14.9. The molecule has 1 N–H and O–H groups in total. The lowest BCUT2D eigenvalue weighted by Gasteiger charge is -2.21. The van der Waals surface area contributed by atoms with E-state index in [9.17, 15) is 9.90 Å². The number of nitrogens with zero attached hydrogens (tertiary/aromatic N) is 3. The molecule has 0 atom stereocenters. The molecule has 0 radical (unpaired) electrons. The topological polar surface area (TPSA) is 71.5 Å². The van der Waals surface area contributed by atoms with E-state index in [0.29, 0.717) is 19.1 Å². The van der Waals surface area contributed by atoms with Crippen molar-refractivity contribution in [3.05, 3.63) is 41.6 Å². The molecule has 1 aliphatic rings. The summed E-state index contributed by atoms with van der Waals surface area (Å²) < 4.78 is 7.03. The molecule has 1 fully saturated rings. The number of furan rings is 1. The number of carboxylic acids is 1. The van der Waals surface area contributed by atoms with Crippen molar-refractivity contribution < 1.29 is 14.3 Å². The summed E-state index contributed by atoms with van der Waals surface area (Å²) in [5.74, 6) is -0.0298. The van der Waals surface area contributed by atoms with Gasteiger partial charge in [0.25, 0.3) is 0 Å². The Morgan fingerprint density at radius 2 is 2.35 bits per heavy atom. The van der Waals surface area contributed by atoms with Gasteiger partial charge in [-0.15, -0.1) is 0 Å². The zero-order chi connectivity index (χ0) is 14.1. The Balaban J connectivity index is 1.80. The fourth-order valence-corrected chi connectivity index (χ4v) is 2.38. The van der Waals surface area contributed by atoms with Crippen LogP contribution in [0.15, 0.2) is 29.0 Å². The van der Waals surface area contributed by atoms with Gasteiger partial charge in [0.15, 0.2) is 0 Å². The van der Waals surface area contributed by atoms with Crippen molar-refractivity contribution >= 4 is 5.97 Å². The summed E-state index contributed by atoms with van der Waals surface area (Å²) in [6.07, 6.45) is 5.38. The van der Waals surface area contributed by atoms with Crippen LogP contribution in [-0.2, 0) is 20.1 Å². The second kappa shape index (κ2) is 5.13. The van der Waals surface area contributed by atoms with E-state index in [1.807, 2.05) is 12.1 Å². The molecule has 20 heavy (non-hydrogen) atoms. The molecule has 2 aromatic heterocycles. The highest BCUT2D eigenvalue weighted by atomic mass is 16.4. The second-order valence-electron chi connectivity index (χ2n) is 5.15. The largest absolute Gasteiger partial charge is 0.478 e. The average Bonchev–Trinajstić information content (AvgIpc) is 3.02. The van der Waals surface area contributed by atoms with Gasteiger partial charge in [-0.05, 0) is 25.0 Å². The molecule has 0 unspecified atom stereocenters. The van der Waals surface area contributed by atoms with Crippen LogP contribution in [-0.4, -0.2) is 31.8 Å². The molecule has 6 nitrogen and oxygen atoms in total. The molecule has 0 saturated heterocycles.